The maximum absolute atomic E-state index is 5.79. The number of nitrogens with one attached hydrogen (secondary N) is 1. The Balaban J connectivity index is 1.68. The molecule has 6 heteroatoms. The van der Waals surface area contributed by atoms with Crippen LogP contribution < -0.4 is 5.32 Å². The van der Waals surface area contributed by atoms with E-state index in [2.05, 4.69) is 15.4 Å². The minimum absolute atomic E-state index is 0.562. The summed E-state index contributed by atoms with van der Waals surface area (Å²) in [6, 6.07) is 11.9. The first-order valence-electron chi connectivity index (χ1n) is 5.76. The molecule has 0 bridgehead atoms. The number of nitrogens with zero attached hydrogens (tertiary/aromatic N) is 3. The molecule has 3 rings (SSSR count). The van der Waals surface area contributed by atoms with Crippen molar-refractivity contribution in [2.45, 2.75) is 6.54 Å². The molecule has 0 fully saturated rings. The molecule has 3 aromatic rings. The molecule has 0 aliphatic carbocycles. The number of aromatic nitrogens is 3. The van der Waals surface area contributed by atoms with Crippen molar-refractivity contribution in [1.82, 2.24) is 14.8 Å². The van der Waals surface area contributed by atoms with Crippen molar-refractivity contribution < 1.29 is 0 Å². The molecule has 0 saturated heterocycles. The van der Waals surface area contributed by atoms with E-state index < -0.39 is 0 Å². The van der Waals surface area contributed by atoms with Gasteiger partial charge in [0.25, 0.3) is 0 Å². The molecule has 4 nitrogen and oxygen atoms in total. The van der Waals surface area contributed by atoms with Gasteiger partial charge in [-0.1, -0.05) is 29.8 Å². The molecular formula is C13H11ClN4S. The number of anilines is 1. The lowest BCUT2D eigenvalue weighted by Crippen LogP contribution is -2.00. The highest BCUT2D eigenvalue weighted by atomic mass is 35.5. The summed E-state index contributed by atoms with van der Waals surface area (Å²) in [5, 5.41) is 7.70. The van der Waals surface area contributed by atoms with E-state index in [-0.39, 0.29) is 0 Å². The van der Waals surface area contributed by atoms with E-state index in [0.717, 1.165) is 16.4 Å². The van der Waals surface area contributed by atoms with Gasteiger partial charge in [-0.05, 0) is 12.1 Å². The topological polar surface area (TPSA) is 42.7 Å². The predicted molar refractivity (Wildman–Crippen MR) is 78.0 cm³/mol. The smallest absolute Gasteiger partial charge is 0.183 e. The summed E-state index contributed by atoms with van der Waals surface area (Å²) in [6.45, 7) is 0.677. The molecule has 1 aromatic carbocycles. The minimum Gasteiger partial charge on any atom is -0.364 e. The van der Waals surface area contributed by atoms with Crippen LogP contribution in [0, 0.1) is 0 Å². The van der Waals surface area contributed by atoms with Crippen LogP contribution in [-0.2, 0) is 6.54 Å². The van der Waals surface area contributed by atoms with Gasteiger partial charge in [-0.3, -0.25) is 0 Å². The highest BCUT2D eigenvalue weighted by Gasteiger charge is 2.02. The second-order valence-electron chi connectivity index (χ2n) is 3.91. The van der Waals surface area contributed by atoms with E-state index >= 15 is 0 Å². The molecule has 19 heavy (non-hydrogen) atoms. The van der Waals surface area contributed by atoms with Crippen molar-refractivity contribution in [3.8, 4) is 5.69 Å². The summed E-state index contributed by atoms with van der Waals surface area (Å²) in [4.78, 5) is 5.08. The first-order chi connectivity index (χ1) is 9.31. The third kappa shape index (κ3) is 2.94. The van der Waals surface area contributed by atoms with Gasteiger partial charge in [-0.15, -0.1) is 11.3 Å². The zero-order chi connectivity index (χ0) is 13.1. The minimum atomic E-state index is 0.562. The fourth-order valence-electron chi connectivity index (χ4n) is 1.69. The summed E-state index contributed by atoms with van der Waals surface area (Å²) < 4.78 is 2.40. The number of hydrogen-bond donors (Lipinski definition) is 1. The Hall–Kier alpha value is -1.85. The predicted octanol–water partition coefficient (Wildman–Crippen LogP) is 3.59. The summed E-state index contributed by atoms with van der Waals surface area (Å²) in [5.41, 5.74) is 1.04. The fourth-order valence-corrected chi connectivity index (χ4v) is 2.60. The van der Waals surface area contributed by atoms with Crippen LogP contribution in [0.2, 0.25) is 4.47 Å². The van der Waals surface area contributed by atoms with Crippen molar-refractivity contribution in [2.24, 2.45) is 0 Å². The van der Waals surface area contributed by atoms with Gasteiger partial charge >= 0.3 is 0 Å². The number of benzene rings is 1. The molecule has 0 spiro atoms. The van der Waals surface area contributed by atoms with Crippen LogP contribution >= 0.6 is 22.9 Å². The van der Waals surface area contributed by atoms with Crippen molar-refractivity contribution in [3.63, 3.8) is 0 Å². The lowest BCUT2D eigenvalue weighted by Gasteiger charge is -2.01. The molecule has 96 valence electrons. The van der Waals surface area contributed by atoms with E-state index in [1.54, 1.807) is 6.20 Å². The Bertz CT molecular complexity index is 662. The largest absolute Gasteiger partial charge is 0.364 e. The zero-order valence-electron chi connectivity index (χ0n) is 9.95. The standard InChI is InChI=1S/C13H11ClN4S/c14-13-16-9-11(19-13)8-15-12-6-7-18(17-12)10-4-2-1-3-5-10/h1-7,9H,8H2,(H,15,17). The lowest BCUT2D eigenvalue weighted by molar-refractivity contribution is 0.878. The lowest BCUT2D eigenvalue weighted by atomic mass is 10.3. The molecule has 0 saturated carbocycles. The van der Waals surface area contributed by atoms with Crippen LogP contribution in [0.15, 0.2) is 48.8 Å². The molecule has 1 N–H and O–H groups in total. The van der Waals surface area contributed by atoms with Crippen LogP contribution in [0.5, 0.6) is 0 Å². The molecule has 0 amide bonds. The van der Waals surface area contributed by atoms with Gasteiger partial charge in [0, 0.05) is 23.3 Å². The van der Waals surface area contributed by atoms with Crippen LogP contribution in [0.1, 0.15) is 4.88 Å². The van der Waals surface area contributed by atoms with Gasteiger partial charge in [-0.2, -0.15) is 5.10 Å². The van der Waals surface area contributed by atoms with Gasteiger partial charge in [-0.25, -0.2) is 9.67 Å². The second kappa shape index (κ2) is 5.42. The molecule has 0 radical (unpaired) electrons. The van der Waals surface area contributed by atoms with Crippen LogP contribution in [0.25, 0.3) is 5.69 Å². The first kappa shape index (κ1) is 12.2. The Morgan fingerprint density at radius 1 is 1.21 bits per heavy atom. The van der Waals surface area contributed by atoms with E-state index in [9.17, 15) is 0 Å². The van der Waals surface area contributed by atoms with E-state index in [0.29, 0.717) is 11.0 Å². The highest BCUT2D eigenvalue weighted by Crippen LogP contribution is 2.19. The number of halogens is 1. The van der Waals surface area contributed by atoms with Crippen molar-refractivity contribution in [2.75, 3.05) is 5.32 Å². The highest BCUT2D eigenvalue weighted by molar-refractivity contribution is 7.15. The Labute approximate surface area is 119 Å². The van der Waals surface area contributed by atoms with Crippen molar-refractivity contribution >= 4 is 28.8 Å². The average Bonchev–Trinajstić information content (AvgIpc) is 3.06. The van der Waals surface area contributed by atoms with Crippen LogP contribution in [0.3, 0.4) is 0 Å². The molecular weight excluding hydrogens is 280 g/mol. The molecule has 2 heterocycles. The van der Waals surface area contributed by atoms with E-state index in [4.69, 9.17) is 11.6 Å². The van der Waals surface area contributed by atoms with Crippen LogP contribution in [0.4, 0.5) is 5.82 Å². The summed E-state index contributed by atoms with van der Waals surface area (Å²) in [5.74, 6) is 0.827. The van der Waals surface area contributed by atoms with Gasteiger partial charge in [0.2, 0.25) is 0 Å². The third-order valence-corrected chi connectivity index (χ3v) is 3.69. The van der Waals surface area contributed by atoms with Gasteiger partial charge in [0.15, 0.2) is 4.47 Å². The first-order valence-corrected chi connectivity index (χ1v) is 6.96. The summed E-state index contributed by atoms with van der Waals surface area (Å²) in [7, 11) is 0. The fraction of sp³-hybridized carbons (Fsp3) is 0.0769. The maximum atomic E-state index is 5.79. The Morgan fingerprint density at radius 3 is 2.79 bits per heavy atom. The van der Waals surface area contributed by atoms with Crippen molar-refractivity contribution in [1.29, 1.82) is 0 Å². The summed E-state index contributed by atoms with van der Waals surface area (Å²) in [6.07, 6.45) is 3.70. The number of hydrogen-bond acceptors (Lipinski definition) is 4. The van der Waals surface area contributed by atoms with Gasteiger partial charge < -0.3 is 5.32 Å². The maximum Gasteiger partial charge on any atom is 0.183 e. The van der Waals surface area contributed by atoms with E-state index in [1.807, 2.05) is 47.3 Å². The van der Waals surface area contributed by atoms with Gasteiger partial charge in [0.05, 0.1) is 12.2 Å². The normalized spacial score (nSPS) is 10.6. The molecule has 0 aliphatic rings. The quantitative estimate of drug-likeness (QED) is 0.798. The summed E-state index contributed by atoms with van der Waals surface area (Å²) >= 11 is 7.25. The Kier molecular flexibility index (Phi) is 3.48. The van der Waals surface area contributed by atoms with Crippen LogP contribution in [-0.4, -0.2) is 14.8 Å². The van der Waals surface area contributed by atoms with E-state index in [1.165, 1.54) is 11.3 Å². The number of rotatable bonds is 4. The average molecular weight is 291 g/mol. The molecule has 2 aromatic heterocycles. The molecule has 0 unspecified atom stereocenters. The zero-order valence-corrected chi connectivity index (χ0v) is 11.5. The van der Waals surface area contributed by atoms with Crippen molar-refractivity contribution in [3.05, 3.63) is 58.1 Å². The monoisotopic (exact) mass is 290 g/mol. The number of para-hydroxylation sites is 1. The molecule has 0 atom stereocenters. The Morgan fingerprint density at radius 2 is 2.05 bits per heavy atom. The SMILES string of the molecule is Clc1ncc(CNc2ccn(-c3ccccc3)n2)s1. The van der Waals surface area contributed by atoms with Gasteiger partial charge in [0.1, 0.15) is 5.82 Å². The number of thiazole rings is 1. The second-order valence-corrected chi connectivity index (χ2v) is 5.61. The molecule has 0 aliphatic heterocycles. The third-order valence-electron chi connectivity index (χ3n) is 2.58.